The van der Waals surface area contributed by atoms with Gasteiger partial charge in [0, 0.05) is 6.61 Å². The van der Waals surface area contributed by atoms with E-state index in [2.05, 4.69) is 0 Å². The van der Waals surface area contributed by atoms with Gasteiger partial charge in [-0.3, -0.25) is 0 Å². The average molecular weight is 156 g/mol. The predicted octanol–water partition coefficient (Wildman–Crippen LogP) is 1.47. The van der Waals surface area contributed by atoms with Gasteiger partial charge in [0.05, 0.1) is 11.7 Å². The topological polar surface area (TPSA) is 29.5 Å². The van der Waals surface area contributed by atoms with Crippen molar-refractivity contribution >= 4 is 0 Å². The second kappa shape index (κ2) is 2.76. The van der Waals surface area contributed by atoms with Crippen molar-refractivity contribution in [2.75, 3.05) is 6.61 Å². The molecule has 2 aliphatic rings. The Labute approximate surface area is 67.6 Å². The van der Waals surface area contributed by atoms with E-state index in [4.69, 9.17) is 4.74 Å². The summed E-state index contributed by atoms with van der Waals surface area (Å²) in [6.45, 7) is 0.941. The summed E-state index contributed by atoms with van der Waals surface area (Å²) in [5.74, 6) is 0. The van der Waals surface area contributed by atoms with Gasteiger partial charge in [-0.15, -0.1) is 0 Å². The lowest BCUT2D eigenvalue weighted by molar-refractivity contribution is -0.0508. The predicted molar refractivity (Wildman–Crippen MR) is 42.4 cm³/mol. The van der Waals surface area contributed by atoms with Crippen LogP contribution in [0.3, 0.4) is 0 Å². The molecular formula is C9H16O2. The molecule has 0 bridgehead atoms. The molecule has 1 aliphatic carbocycles. The molecule has 1 spiro atoms. The minimum absolute atomic E-state index is 0.0511. The van der Waals surface area contributed by atoms with Crippen molar-refractivity contribution in [2.45, 2.75) is 50.2 Å². The first-order valence-corrected chi connectivity index (χ1v) is 4.63. The Hall–Kier alpha value is -0.0800. The van der Waals surface area contributed by atoms with Gasteiger partial charge in [-0.1, -0.05) is 0 Å². The van der Waals surface area contributed by atoms with Crippen LogP contribution in [0.2, 0.25) is 0 Å². The second-order valence-corrected chi connectivity index (χ2v) is 3.87. The number of aliphatic hydroxyl groups is 1. The minimum Gasteiger partial charge on any atom is -0.393 e. The lowest BCUT2D eigenvalue weighted by atomic mass is 9.81. The molecule has 1 N–H and O–H groups in total. The van der Waals surface area contributed by atoms with Crippen LogP contribution in [0, 0.1) is 0 Å². The first kappa shape index (κ1) is 7.56. The van der Waals surface area contributed by atoms with Gasteiger partial charge in [-0.25, -0.2) is 0 Å². The maximum atomic E-state index is 9.30. The van der Waals surface area contributed by atoms with Crippen molar-refractivity contribution in [3.05, 3.63) is 0 Å². The molecule has 0 aromatic carbocycles. The summed E-state index contributed by atoms with van der Waals surface area (Å²) >= 11 is 0. The zero-order valence-electron chi connectivity index (χ0n) is 6.88. The Kier molecular flexibility index (Phi) is 1.90. The lowest BCUT2D eigenvalue weighted by Crippen LogP contribution is -2.34. The first-order chi connectivity index (χ1) is 5.31. The van der Waals surface area contributed by atoms with Crippen molar-refractivity contribution in [2.24, 2.45) is 0 Å². The van der Waals surface area contributed by atoms with Crippen LogP contribution in [0.1, 0.15) is 38.5 Å². The molecule has 0 atom stereocenters. The van der Waals surface area contributed by atoms with E-state index in [1.54, 1.807) is 0 Å². The standard InChI is InChI=1S/C9H16O2/c10-8-2-5-9(6-3-8)4-1-7-11-9/h8,10H,1-7H2/t8-,9-. The zero-order chi connectivity index (χ0) is 7.73. The summed E-state index contributed by atoms with van der Waals surface area (Å²) < 4.78 is 5.72. The van der Waals surface area contributed by atoms with Gasteiger partial charge < -0.3 is 9.84 Å². The summed E-state index contributed by atoms with van der Waals surface area (Å²) in [5.41, 5.74) is 0.194. The molecule has 0 aromatic heterocycles. The van der Waals surface area contributed by atoms with Crippen LogP contribution in [0.5, 0.6) is 0 Å². The molecule has 1 saturated carbocycles. The van der Waals surface area contributed by atoms with Crippen molar-refractivity contribution in [1.29, 1.82) is 0 Å². The minimum atomic E-state index is -0.0511. The molecule has 1 heterocycles. The largest absolute Gasteiger partial charge is 0.393 e. The maximum Gasteiger partial charge on any atom is 0.0685 e. The highest BCUT2D eigenvalue weighted by Crippen LogP contribution is 2.39. The van der Waals surface area contributed by atoms with Gasteiger partial charge in [-0.2, -0.15) is 0 Å². The molecule has 2 fully saturated rings. The van der Waals surface area contributed by atoms with Gasteiger partial charge in [0.1, 0.15) is 0 Å². The molecule has 2 nitrogen and oxygen atoms in total. The molecule has 2 heteroatoms. The smallest absolute Gasteiger partial charge is 0.0685 e. The maximum absolute atomic E-state index is 9.30. The summed E-state index contributed by atoms with van der Waals surface area (Å²) in [7, 11) is 0. The molecule has 0 amide bonds. The molecule has 2 rings (SSSR count). The Balaban J connectivity index is 1.94. The first-order valence-electron chi connectivity index (χ1n) is 4.63. The highest BCUT2D eigenvalue weighted by atomic mass is 16.5. The molecule has 11 heavy (non-hydrogen) atoms. The molecule has 1 saturated heterocycles. The fraction of sp³-hybridized carbons (Fsp3) is 1.00. The summed E-state index contributed by atoms with van der Waals surface area (Å²) in [6, 6.07) is 0. The van der Waals surface area contributed by atoms with E-state index in [1.165, 1.54) is 12.8 Å². The highest BCUT2D eigenvalue weighted by Gasteiger charge is 2.38. The molecule has 1 aliphatic heterocycles. The van der Waals surface area contributed by atoms with E-state index >= 15 is 0 Å². The van der Waals surface area contributed by atoms with E-state index < -0.39 is 0 Å². The number of hydrogen-bond acceptors (Lipinski definition) is 2. The quantitative estimate of drug-likeness (QED) is 0.575. The van der Waals surface area contributed by atoms with E-state index in [0.29, 0.717) is 0 Å². The normalized spacial score (nSPS) is 45.0. The van der Waals surface area contributed by atoms with E-state index in [0.717, 1.165) is 32.3 Å². The fourth-order valence-electron chi connectivity index (χ4n) is 2.28. The van der Waals surface area contributed by atoms with Crippen molar-refractivity contribution in [3.63, 3.8) is 0 Å². The Morgan fingerprint density at radius 1 is 1.18 bits per heavy atom. The third kappa shape index (κ3) is 1.42. The van der Waals surface area contributed by atoms with Crippen LogP contribution in [0.4, 0.5) is 0 Å². The third-order valence-electron chi connectivity index (χ3n) is 3.05. The van der Waals surface area contributed by atoms with Crippen LogP contribution < -0.4 is 0 Å². The number of hydrogen-bond donors (Lipinski definition) is 1. The zero-order valence-corrected chi connectivity index (χ0v) is 6.88. The monoisotopic (exact) mass is 156 g/mol. The lowest BCUT2D eigenvalue weighted by Gasteiger charge is -2.34. The molecule has 0 unspecified atom stereocenters. The van der Waals surface area contributed by atoms with Crippen molar-refractivity contribution in [1.82, 2.24) is 0 Å². The molecule has 0 radical (unpaired) electrons. The van der Waals surface area contributed by atoms with Crippen molar-refractivity contribution < 1.29 is 9.84 Å². The van der Waals surface area contributed by atoms with Crippen LogP contribution in [0.15, 0.2) is 0 Å². The summed E-state index contributed by atoms with van der Waals surface area (Å²) in [4.78, 5) is 0. The SMILES string of the molecule is O[C@H]1CC[C@@]2(CCCO2)CC1. The van der Waals surface area contributed by atoms with Gasteiger partial charge in [0.25, 0.3) is 0 Å². The second-order valence-electron chi connectivity index (χ2n) is 3.87. The Morgan fingerprint density at radius 2 is 1.91 bits per heavy atom. The van der Waals surface area contributed by atoms with E-state index in [-0.39, 0.29) is 11.7 Å². The van der Waals surface area contributed by atoms with Crippen molar-refractivity contribution in [3.8, 4) is 0 Å². The molecule has 64 valence electrons. The summed E-state index contributed by atoms with van der Waals surface area (Å²) in [6.07, 6.45) is 6.43. The fourth-order valence-corrected chi connectivity index (χ4v) is 2.28. The van der Waals surface area contributed by atoms with Gasteiger partial charge in [0.15, 0.2) is 0 Å². The van der Waals surface area contributed by atoms with Gasteiger partial charge >= 0.3 is 0 Å². The summed E-state index contributed by atoms with van der Waals surface area (Å²) in [5, 5.41) is 9.30. The van der Waals surface area contributed by atoms with E-state index in [9.17, 15) is 5.11 Å². The average Bonchev–Trinajstić information content (AvgIpc) is 2.45. The van der Waals surface area contributed by atoms with Gasteiger partial charge in [0.2, 0.25) is 0 Å². The number of aliphatic hydroxyl groups excluding tert-OH is 1. The van der Waals surface area contributed by atoms with E-state index in [1.807, 2.05) is 0 Å². The Morgan fingerprint density at radius 3 is 2.45 bits per heavy atom. The number of ether oxygens (including phenoxy) is 1. The molecular weight excluding hydrogens is 140 g/mol. The van der Waals surface area contributed by atoms with Crippen LogP contribution in [0.25, 0.3) is 0 Å². The van der Waals surface area contributed by atoms with Crippen LogP contribution >= 0.6 is 0 Å². The number of rotatable bonds is 0. The van der Waals surface area contributed by atoms with Crippen LogP contribution in [-0.2, 0) is 4.74 Å². The third-order valence-corrected chi connectivity index (χ3v) is 3.05. The Bertz CT molecular complexity index is 128. The highest BCUT2D eigenvalue weighted by molar-refractivity contribution is 4.89. The van der Waals surface area contributed by atoms with Crippen LogP contribution in [-0.4, -0.2) is 23.4 Å². The molecule has 0 aromatic rings. The van der Waals surface area contributed by atoms with Gasteiger partial charge in [-0.05, 0) is 38.5 Å².